The lowest BCUT2D eigenvalue weighted by Gasteiger charge is -2.19. The van der Waals surface area contributed by atoms with Crippen molar-refractivity contribution in [3.8, 4) is 11.3 Å². The van der Waals surface area contributed by atoms with Crippen LogP contribution < -0.4 is 5.32 Å². The SMILES string of the molecule is CC(C)(C)c1ccc(-c2ccc3c(N=O)c(C(=O)NCC(=O)N=O)ncc3n2)cc1. The summed E-state index contributed by atoms with van der Waals surface area (Å²) in [7, 11) is 0. The van der Waals surface area contributed by atoms with E-state index in [1.54, 1.807) is 12.1 Å². The molecule has 0 fully saturated rings. The van der Waals surface area contributed by atoms with Crippen LogP contribution in [0.5, 0.6) is 0 Å². The van der Waals surface area contributed by atoms with E-state index < -0.39 is 18.4 Å². The molecule has 2 heterocycles. The van der Waals surface area contributed by atoms with Crippen LogP contribution in [-0.4, -0.2) is 28.3 Å². The smallest absolute Gasteiger partial charge is 0.305 e. The first-order chi connectivity index (χ1) is 14.2. The van der Waals surface area contributed by atoms with Crippen LogP contribution in [0.2, 0.25) is 0 Å². The van der Waals surface area contributed by atoms with Crippen LogP contribution in [-0.2, 0) is 10.2 Å². The Hall–Kier alpha value is -3.88. The molecule has 3 aromatic rings. The van der Waals surface area contributed by atoms with Gasteiger partial charge in [-0.1, -0.05) is 45.0 Å². The Morgan fingerprint density at radius 1 is 1.03 bits per heavy atom. The third-order valence-corrected chi connectivity index (χ3v) is 4.58. The van der Waals surface area contributed by atoms with Gasteiger partial charge in [-0.15, -0.1) is 9.81 Å². The normalized spacial score (nSPS) is 11.2. The molecule has 0 atom stereocenters. The Morgan fingerprint density at radius 2 is 1.73 bits per heavy atom. The van der Waals surface area contributed by atoms with Crippen molar-refractivity contribution in [1.29, 1.82) is 0 Å². The fourth-order valence-electron chi connectivity index (χ4n) is 2.92. The van der Waals surface area contributed by atoms with Crippen molar-refractivity contribution >= 4 is 28.4 Å². The second-order valence-electron chi connectivity index (χ2n) is 7.67. The number of hydrogen-bond donors (Lipinski definition) is 1. The molecule has 2 aromatic heterocycles. The van der Waals surface area contributed by atoms with Gasteiger partial charge in [0.25, 0.3) is 5.91 Å². The van der Waals surface area contributed by atoms with Gasteiger partial charge in [-0.2, -0.15) is 0 Å². The number of carbonyl (C=O) groups is 2. The Labute approximate surface area is 171 Å². The highest BCUT2D eigenvalue weighted by molar-refractivity contribution is 6.05. The third-order valence-electron chi connectivity index (χ3n) is 4.58. The second kappa shape index (κ2) is 8.24. The van der Waals surface area contributed by atoms with E-state index in [1.165, 1.54) is 11.8 Å². The molecule has 0 radical (unpaired) electrons. The molecule has 0 unspecified atom stereocenters. The number of rotatable bonds is 5. The highest BCUT2D eigenvalue weighted by Crippen LogP contribution is 2.31. The zero-order valence-electron chi connectivity index (χ0n) is 16.7. The summed E-state index contributed by atoms with van der Waals surface area (Å²) in [4.78, 5) is 53.2. The van der Waals surface area contributed by atoms with Crippen molar-refractivity contribution < 1.29 is 9.59 Å². The van der Waals surface area contributed by atoms with Crippen LogP contribution >= 0.6 is 0 Å². The number of carbonyl (C=O) groups excluding carboxylic acids is 2. The van der Waals surface area contributed by atoms with Gasteiger partial charge >= 0.3 is 5.91 Å². The lowest BCUT2D eigenvalue weighted by atomic mass is 9.86. The number of nitrogens with one attached hydrogen (secondary N) is 1. The zero-order chi connectivity index (χ0) is 21.9. The van der Waals surface area contributed by atoms with E-state index in [1.807, 2.05) is 24.3 Å². The summed E-state index contributed by atoms with van der Waals surface area (Å²) in [5.74, 6) is -1.86. The van der Waals surface area contributed by atoms with Crippen molar-refractivity contribution in [2.75, 3.05) is 6.54 Å². The van der Waals surface area contributed by atoms with E-state index in [0.29, 0.717) is 16.6 Å². The summed E-state index contributed by atoms with van der Waals surface area (Å²) < 4.78 is 0. The van der Waals surface area contributed by atoms with Crippen LogP contribution in [0, 0.1) is 9.81 Å². The largest absolute Gasteiger partial charge is 0.341 e. The fourth-order valence-corrected chi connectivity index (χ4v) is 2.92. The topological polar surface area (TPSA) is 131 Å². The summed E-state index contributed by atoms with van der Waals surface area (Å²) in [5.41, 5.74) is 2.74. The molecule has 1 N–H and O–H groups in total. The zero-order valence-corrected chi connectivity index (χ0v) is 16.7. The number of fused-ring (bicyclic) bond motifs is 1. The number of nitroso groups, excluding NO2 is 2. The molecule has 30 heavy (non-hydrogen) atoms. The number of benzene rings is 1. The quantitative estimate of drug-likeness (QED) is 0.638. The van der Waals surface area contributed by atoms with Crippen LogP contribution in [0.1, 0.15) is 36.8 Å². The summed E-state index contributed by atoms with van der Waals surface area (Å²) >= 11 is 0. The molecule has 0 aliphatic carbocycles. The lowest BCUT2D eigenvalue weighted by molar-refractivity contribution is -0.117. The van der Waals surface area contributed by atoms with Crippen molar-refractivity contribution in [1.82, 2.24) is 15.3 Å². The van der Waals surface area contributed by atoms with E-state index in [0.717, 1.165) is 5.56 Å². The van der Waals surface area contributed by atoms with Gasteiger partial charge in [0.15, 0.2) is 5.69 Å². The van der Waals surface area contributed by atoms with Crippen molar-refractivity contribution in [3.63, 3.8) is 0 Å². The summed E-state index contributed by atoms with van der Waals surface area (Å²) in [6.45, 7) is 5.81. The maximum atomic E-state index is 12.2. The molecule has 0 saturated carbocycles. The first-order valence-electron chi connectivity index (χ1n) is 9.13. The minimum Gasteiger partial charge on any atom is -0.341 e. The lowest BCUT2D eigenvalue weighted by Crippen LogP contribution is -2.29. The van der Waals surface area contributed by atoms with Crippen LogP contribution in [0.3, 0.4) is 0 Å². The van der Waals surface area contributed by atoms with Crippen molar-refractivity contribution in [2.45, 2.75) is 26.2 Å². The molecular weight excluding hydrogens is 386 g/mol. The molecule has 0 bridgehead atoms. The molecule has 0 aliphatic rings. The first-order valence-corrected chi connectivity index (χ1v) is 9.13. The molecule has 9 heteroatoms. The van der Waals surface area contributed by atoms with Gasteiger partial charge in [0.05, 0.1) is 17.4 Å². The fraction of sp³-hybridized carbons (Fsp3) is 0.238. The van der Waals surface area contributed by atoms with Gasteiger partial charge in [-0.25, -0.2) is 9.97 Å². The molecular formula is C21H19N5O4. The Bertz CT molecular complexity index is 1150. The predicted octanol–water partition coefficient (Wildman–Crippen LogP) is 4.02. The van der Waals surface area contributed by atoms with Gasteiger partial charge in [0, 0.05) is 16.1 Å². The minimum absolute atomic E-state index is 0.0349. The predicted molar refractivity (Wildman–Crippen MR) is 112 cm³/mol. The van der Waals surface area contributed by atoms with Crippen molar-refractivity contribution in [2.24, 2.45) is 10.4 Å². The first kappa shape index (κ1) is 20.8. The highest BCUT2D eigenvalue weighted by atomic mass is 16.3. The number of hydrogen-bond acceptors (Lipinski definition) is 7. The van der Waals surface area contributed by atoms with E-state index in [2.05, 4.69) is 46.4 Å². The van der Waals surface area contributed by atoms with Gasteiger partial charge in [-0.05, 0) is 28.3 Å². The summed E-state index contributed by atoms with van der Waals surface area (Å²) in [5, 5.41) is 7.64. The highest BCUT2D eigenvalue weighted by Gasteiger charge is 2.19. The third kappa shape index (κ3) is 4.24. The van der Waals surface area contributed by atoms with E-state index >= 15 is 0 Å². The van der Waals surface area contributed by atoms with Crippen LogP contribution in [0.15, 0.2) is 52.9 Å². The van der Waals surface area contributed by atoms with Crippen LogP contribution in [0.4, 0.5) is 5.69 Å². The second-order valence-corrected chi connectivity index (χ2v) is 7.67. The van der Waals surface area contributed by atoms with Gasteiger partial charge in [0.2, 0.25) is 0 Å². The number of pyridine rings is 2. The molecule has 3 rings (SSSR count). The number of nitrogens with zero attached hydrogens (tertiary/aromatic N) is 4. The average Bonchev–Trinajstić information content (AvgIpc) is 2.75. The maximum Gasteiger partial charge on any atom is 0.305 e. The average molecular weight is 405 g/mol. The van der Waals surface area contributed by atoms with Gasteiger partial charge < -0.3 is 5.32 Å². The van der Waals surface area contributed by atoms with E-state index in [-0.39, 0.29) is 16.8 Å². The molecule has 2 amide bonds. The Balaban J connectivity index is 1.96. The number of amides is 2. The standard InChI is InChI=1S/C21H19N5O4/c1-21(2,3)13-6-4-12(5-7-13)15-9-8-14-16(24-15)10-22-19(18(14)26-30)20(28)23-11-17(27)25-29/h4-10H,11H2,1-3H3,(H,23,28). The molecule has 0 aliphatic heterocycles. The minimum atomic E-state index is -1.05. The molecule has 0 spiro atoms. The molecule has 9 nitrogen and oxygen atoms in total. The monoisotopic (exact) mass is 405 g/mol. The summed E-state index contributed by atoms with van der Waals surface area (Å²) in [6, 6.07) is 11.4. The number of aromatic nitrogens is 2. The molecule has 1 aromatic carbocycles. The van der Waals surface area contributed by atoms with Crippen LogP contribution in [0.25, 0.3) is 22.2 Å². The Kier molecular flexibility index (Phi) is 5.72. The van der Waals surface area contributed by atoms with Gasteiger partial charge in [0.1, 0.15) is 12.2 Å². The maximum absolute atomic E-state index is 12.2. The Morgan fingerprint density at radius 3 is 2.33 bits per heavy atom. The molecule has 152 valence electrons. The van der Waals surface area contributed by atoms with Gasteiger partial charge in [-0.3, -0.25) is 9.59 Å². The van der Waals surface area contributed by atoms with Crippen molar-refractivity contribution in [3.05, 3.63) is 63.7 Å². The molecule has 0 saturated heterocycles. The van der Waals surface area contributed by atoms with E-state index in [4.69, 9.17) is 0 Å². The summed E-state index contributed by atoms with van der Waals surface area (Å²) in [6.07, 6.45) is 1.35. The van der Waals surface area contributed by atoms with E-state index in [9.17, 15) is 19.4 Å².